The van der Waals surface area contributed by atoms with Crippen LogP contribution in [0.1, 0.15) is 18.4 Å². The molecule has 0 aliphatic carbocycles. The van der Waals surface area contributed by atoms with Crippen LogP contribution < -0.4 is 17.1 Å². The Labute approximate surface area is 131 Å². The Kier molecular flexibility index (Phi) is 6.28. The summed E-state index contributed by atoms with van der Waals surface area (Å²) < 4.78 is 4.99. The summed E-state index contributed by atoms with van der Waals surface area (Å²) in [5.41, 5.74) is 12.3. The van der Waals surface area contributed by atoms with Crippen LogP contribution in [0.15, 0.2) is 33.5 Å². The summed E-state index contributed by atoms with van der Waals surface area (Å²) in [5.74, 6) is -2.20. The first-order valence-electron chi connectivity index (χ1n) is 6.71. The SMILES string of the molecule is Cc1cc(=O)oc2cc(N)ccc12.NC(CCC(=O)O)C(=O)O. The molecule has 124 valence electrons. The third kappa shape index (κ3) is 5.79. The molecule has 0 saturated heterocycles. The summed E-state index contributed by atoms with van der Waals surface area (Å²) in [5, 5.41) is 17.2. The number of rotatable bonds is 4. The van der Waals surface area contributed by atoms with Crippen molar-refractivity contribution in [1.82, 2.24) is 0 Å². The summed E-state index contributed by atoms with van der Waals surface area (Å²) in [6, 6.07) is 5.71. The lowest BCUT2D eigenvalue weighted by Crippen LogP contribution is -2.30. The number of carboxylic acids is 2. The zero-order chi connectivity index (χ0) is 17.6. The van der Waals surface area contributed by atoms with Crippen molar-refractivity contribution >= 4 is 28.6 Å². The van der Waals surface area contributed by atoms with Gasteiger partial charge in [0.2, 0.25) is 0 Å². The van der Waals surface area contributed by atoms with Crippen LogP contribution in [0.5, 0.6) is 0 Å². The highest BCUT2D eigenvalue weighted by Gasteiger charge is 2.12. The maximum atomic E-state index is 11.0. The van der Waals surface area contributed by atoms with Gasteiger partial charge in [0.1, 0.15) is 11.6 Å². The molecule has 8 heteroatoms. The third-order valence-corrected chi connectivity index (χ3v) is 2.96. The van der Waals surface area contributed by atoms with Gasteiger partial charge in [0, 0.05) is 29.6 Å². The van der Waals surface area contributed by atoms with Crippen molar-refractivity contribution < 1.29 is 24.2 Å². The van der Waals surface area contributed by atoms with Crippen molar-refractivity contribution in [3.8, 4) is 0 Å². The average molecular weight is 322 g/mol. The second-order valence-electron chi connectivity index (χ2n) is 4.88. The van der Waals surface area contributed by atoms with Crippen molar-refractivity contribution in [3.05, 3.63) is 40.2 Å². The van der Waals surface area contributed by atoms with E-state index in [2.05, 4.69) is 0 Å². The first-order valence-corrected chi connectivity index (χ1v) is 6.71. The van der Waals surface area contributed by atoms with Crippen LogP contribution in [0, 0.1) is 6.92 Å². The molecule has 0 fully saturated rings. The summed E-state index contributed by atoms with van der Waals surface area (Å²) >= 11 is 0. The summed E-state index contributed by atoms with van der Waals surface area (Å²) in [6.45, 7) is 1.87. The van der Waals surface area contributed by atoms with Crippen LogP contribution in [0.4, 0.5) is 5.69 Å². The Morgan fingerprint density at radius 2 is 1.91 bits per heavy atom. The molecule has 8 nitrogen and oxygen atoms in total. The van der Waals surface area contributed by atoms with Gasteiger partial charge in [-0.2, -0.15) is 0 Å². The van der Waals surface area contributed by atoms with E-state index in [0.29, 0.717) is 11.3 Å². The quantitative estimate of drug-likeness (QED) is 0.478. The van der Waals surface area contributed by atoms with Gasteiger partial charge >= 0.3 is 17.6 Å². The van der Waals surface area contributed by atoms with Gasteiger partial charge in [0.15, 0.2) is 0 Å². The summed E-state index contributed by atoms with van der Waals surface area (Å²) in [4.78, 5) is 30.9. The molecule has 0 radical (unpaired) electrons. The predicted octanol–water partition coefficient (Wildman–Crippen LogP) is 0.947. The van der Waals surface area contributed by atoms with Gasteiger partial charge in [-0.3, -0.25) is 9.59 Å². The summed E-state index contributed by atoms with van der Waals surface area (Å²) in [6.07, 6.45) is -0.224. The van der Waals surface area contributed by atoms with Gasteiger partial charge < -0.3 is 26.1 Å². The largest absolute Gasteiger partial charge is 0.481 e. The van der Waals surface area contributed by atoms with E-state index in [1.807, 2.05) is 13.0 Å². The molecule has 0 spiro atoms. The van der Waals surface area contributed by atoms with Gasteiger partial charge in [0.05, 0.1) is 0 Å². The number of nitrogens with two attached hydrogens (primary N) is 2. The molecule has 1 unspecified atom stereocenters. The number of carboxylic acid groups (broad SMARTS) is 2. The van der Waals surface area contributed by atoms with Crippen molar-refractivity contribution in [2.45, 2.75) is 25.8 Å². The minimum atomic E-state index is -1.17. The highest BCUT2D eigenvalue weighted by molar-refractivity contribution is 5.82. The lowest BCUT2D eigenvalue weighted by atomic mass is 10.1. The average Bonchev–Trinajstić information content (AvgIpc) is 2.44. The number of benzene rings is 1. The second-order valence-corrected chi connectivity index (χ2v) is 4.88. The van der Waals surface area contributed by atoms with Gasteiger partial charge in [0.25, 0.3) is 0 Å². The minimum absolute atomic E-state index is 0.0231. The standard InChI is InChI=1S/C10H9NO2.C5H9NO4/c1-6-4-10(12)13-9-5-7(11)2-3-8(6)9;6-3(5(9)10)1-2-4(7)8/h2-5H,11H2,1H3;3H,1-2,6H2,(H,7,8)(H,9,10). The van der Waals surface area contributed by atoms with Gasteiger partial charge in [-0.05, 0) is 31.0 Å². The molecule has 0 amide bonds. The number of aliphatic carboxylic acids is 2. The second kappa shape index (κ2) is 7.95. The molecular weight excluding hydrogens is 304 g/mol. The number of carbonyl (C=O) groups is 2. The van der Waals surface area contributed by atoms with Gasteiger partial charge in [-0.25, -0.2) is 4.79 Å². The smallest absolute Gasteiger partial charge is 0.336 e. The monoisotopic (exact) mass is 322 g/mol. The number of hydrogen-bond donors (Lipinski definition) is 4. The van der Waals surface area contributed by atoms with E-state index < -0.39 is 18.0 Å². The van der Waals surface area contributed by atoms with Crippen LogP contribution >= 0.6 is 0 Å². The Bertz CT molecular complexity index is 768. The molecule has 0 bridgehead atoms. The topological polar surface area (TPSA) is 157 Å². The predicted molar refractivity (Wildman–Crippen MR) is 84.1 cm³/mol. The van der Waals surface area contributed by atoms with E-state index in [9.17, 15) is 14.4 Å². The van der Waals surface area contributed by atoms with Crippen molar-refractivity contribution in [1.29, 1.82) is 0 Å². The van der Waals surface area contributed by atoms with E-state index in [4.69, 9.17) is 26.1 Å². The number of hydrogen-bond acceptors (Lipinski definition) is 6. The molecule has 23 heavy (non-hydrogen) atoms. The lowest BCUT2D eigenvalue weighted by molar-refractivity contribution is -0.139. The molecule has 1 aromatic heterocycles. The third-order valence-electron chi connectivity index (χ3n) is 2.96. The number of nitrogen functional groups attached to an aromatic ring is 1. The minimum Gasteiger partial charge on any atom is -0.481 e. The first-order chi connectivity index (χ1) is 10.7. The summed E-state index contributed by atoms with van der Waals surface area (Å²) in [7, 11) is 0. The number of aryl methyl sites for hydroxylation is 1. The molecule has 0 aliphatic rings. The van der Waals surface area contributed by atoms with Crippen LogP contribution in [0.3, 0.4) is 0 Å². The normalized spacial score (nSPS) is 11.4. The number of anilines is 1. The Hall–Kier alpha value is -2.87. The molecule has 6 N–H and O–H groups in total. The first kappa shape index (κ1) is 18.2. The van der Waals surface area contributed by atoms with Crippen LogP contribution in [0.2, 0.25) is 0 Å². The molecule has 1 heterocycles. The van der Waals surface area contributed by atoms with E-state index >= 15 is 0 Å². The highest BCUT2D eigenvalue weighted by atomic mass is 16.4. The van der Waals surface area contributed by atoms with E-state index in [0.717, 1.165) is 10.9 Å². The molecule has 0 aliphatic heterocycles. The maximum absolute atomic E-state index is 11.0. The van der Waals surface area contributed by atoms with Crippen LogP contribution in [-0.4, -0.2) is 28.2 Å². The van der Waals surface area contributed by atoms with Crippen molar-refractivity contribution in [2.75, 3.05) is 5.73 Å². The van der Waals surface area contributed by atoms with Crippen molar-refractivity contribution in [3.63, 3.8) is 0 Å². The molecule has 0 saturated carbocycles. The maximum Gasteiger partial charge on any atom is 0.336 e. The Morgan fingerprint density at radius 1 is 1.26 bits per heavy atom. The lowest BCUT2D eigenvalue weighted by Gasteiger charge is -2.01. The molecule has 2 aromatic rings. The Balaban J connectivity index is 0.000000241. The highest BCUT2D eigenvalue weighted by Crippen LogP contribution is 2.18. The fraction of sp³-hybridized carbons (Fsp3) is 0.267. The fourth-order valence-electron chi connectivity index (χ4n) is 1.74. The van der Waals surface area contributed by atoms with E-state index in [1.54, 1.807) is 12.1 Å². The molecular formula is C15H18N2O6. The van der Waals surface area contributed by atoms with E-state index in [1.165, 1.54) is 6.07 Å². The van der Waals surface area contributed by atoms with Gasteiger partial charge in [-0.1, -0.05) is 0 Å². The van der Waals surface area contributed by atoms with Crippen LogP contribution in [-0.2, 0) is 9.59 Å². The van der Waals surface area contributed by atoms with E-state index in [-0.39, 0.29) is 18.5 Å². The zero-order valence-electron chi connectivity index (χ0n) is 12.5. The Morgan fingerprint density at radius 3 is 2.48 bits per heavy atom. The number of fused-ring (bicyclic) bond motifs is 1. The van der Waals surface area contributed by atoms with Gasteiger partial charge in [-0.15, -0.1) is 0 Å². The molecule has 1 atom stereocenters. The molecule has 2 rings (SSSR count). The fourth-order valence-corrected chi connectivity index (χ4v) is 1.74. The zero-order valence-corrected chi connectivity index (χ0v) is 12.5. The van der Waals surface area contributed by atoms with Crippen LogP contribution in [0.25, 0.3) is 11.0 Å². The molecule has 1 aromatic carbocycles. The van der Waals surface area contributed by atoms with Crippen molar-refractivity contribution in [2.24, 2.45) is 5.73 Å².